The average Bonchev–Trinajstić information content (AvgIpc) is 2.97. The van der Waals surface area contributed by atoms with Crippen molar-refractivity contribution in [3.05, 3.63) is 80.5 Å². The third kappa shape index (κ3) is 5.61. The Morgan fingerprint density at radius 1 is 1.21 bits per heavy atom. The summed E-state index contributed by atoms with van der Waals surface area (Å²) in [6.07, 6.45) is 0.773. The third-order valence-electron chi connectivity index (χ3n) is 4.55. The standard InChI is InChI=1S/C22H23BrClN3O2/c1-15-21(24)16(2)27(26-15)12-6-11-25-22(28)18-8-5-7-17(13-18)14-29-20-10-4-3-9-19(20)23/h3-5,7-10,13H,6,11-12,14H2,1-2H3,(H,25,28). The number of nitrogens with one attached hydrogen (secondary N) is 1. The second-order valence-corrected chi connectivity index (χ2v) is 7.97. The zero-order chi connectivity index (χ0) is 20.8. The van der Waals surface area contributed by atoms with Gasteiger partial charge in [0.1, 0.15) is 12.4 Å². The van der Waals surface area contributed by atoms with Gasteiger partial charge in [-0.15, -0.1) is 0 Å². The summed E-state index contributed by atoms with van der Waals surface area (Å²) >= 11 is 9.63. The van der Waals surface area contributed by atoms with Crippen molar-refractivity contribution in [2.24, 2.45) is 0 Å². The molecule has 1 aromatic heterocycles. The maximum Gasteiger partial charge on any atom is 0.251 e. The Labute approximate surface area is 184 Å². The van der Waals surface area contributed by atoms with Gasteiger partial charge >= 0.3 is 0 Å². The van der Waals surface area contributed by atoms with Crippen molar-refractivity contribution in [3.8, 4) is 5.75 Å². The van der Waals surface area contributed by atoms with Crippen LogP contribution in [0.3, 0.4) is 0 Å². The van der Waals surface area contributed by atoms with E-state index in [-0.39, 0.29) is 5.91 Å². The van der Waals surface area contributed by atoms with Crippen molar-refractivity contribution in [3.63, 3.8) is 0 Å². The molecule has 0 aliphatic rings. The van der Waals surface area contributed by atoms with Gasteiger partial charge < -0.3 is 10.1 Å². The molecule has 152 valence electrons. The highest BCUT2D eigenvalue weighted by Gasteiger charge is 2.10. The minimum Gasteiger partial charge on any atom is -0.488 e. The molecular formula is C22H23BrClN3O2. The number of nitrogens with zero attached hydrogens (tertiary/aromatic N) is 2. The lowest BCUT2D eigenvalue weighted by atomic mass is 10.1. The van der Waals surface area contributed by atoms with Gasteiger partial charge in [0.15, 0.2) is 0 Å². The molecule has 0 atom stereocenters. The van der Waals surface area contributed by atoms with Crippen LogP contribution < -0.4 is 10.1 Å². The Morgan fingerprint density at radius 3 is 2.72 bits per heavy atom. The van der Waals surface area contributed by atoms with Crippen LogP contribution in [0.2, 0.25) is 5.02 Å². The maximum absolute atomic E-state index is 12.5. The minimum atomic E-state index is -0.0980. The van der Waals surface area contributed by atoms with Gasteiger partial charge in [-0.05, 0) is 66.0 Å². The van der Waals surface area contributed by atoms with Crippen LogP contribution in [0.25, 0.3) is 0 Å². The second kappa shape index (κ2) is 9.94. The molecule has 0 spiro atoms. The van der Waals surface area contributed by atoms with Crippen LogP contribution in [0, 0.1) is 13.8 Å². The number of hydrogen-bond donors (Lipinski definition) is 1. The van der Waals surface area contributed by atoms with Gasteiger partial charge in [-0.1, -0.05) is 35.9 Å². The number of rotatable bonds is 8. The minimum absolute atomic E-state index is 0.0980. The third-order valence-corrected chi connectivity index (χ3v) is 5.75. The van der Waals surface area contributed by atoms with E-state index >= 15 is 0 Å². The monoisotopic (exact) mass is 475 g/mol. The lowest BCUT2D eigenvalue weighted by Gasteiger charge is -2.10. The molecule has 0 fully saturated rings. The Hall–Kier alpha value is -2.31. The van der Waals surface area contributed by atoms with Gasteiger partial charge in [-0.25, -0.2) is 0 Å². The van der Waals surface area contributed by atoms with E-state index in [0.29, 0.717) is 30.3 Å². The lowest BCUT2D eigenvalue weighted by Crippen LogP contribution is -2.25. The molecule has 7 heteroatoms. The molecule has 0 aliphatic carbocycles. The summed E-state index contributed by atoms with van der Waals surface area (Å²) in [7, 11) is 0. The van der Waals surface area contributed by atoms with Crippen LogP contribution in [0.15, 0.2) is 53.0 Å². The zero-order valence-electron chi connectivity index (χ0n) is 16.4. The molecular weight excluding hydrogens is 454 g/mol. The highest BCUT2D eigenvalue weighted by Crippen LogP contribution is 2.24. The summed E-state index contributed by atoms with van der Waals surface area (Å²) in [4.78, 5) is 12.5. The number of carbonyl (C=O) groups is 1. The number of carbonyl (C=O) groups excluding carboxylic acids is 1. The van der Waals surface area contributed by atoms with E-state index in [2.05, 4.69) is 26.3 Å². The molecule has 5 nitrogen and oxygen atoms in total. The summed E-state index contributed by atoms with van der Waals surface area (Å²) in [6.45, 7) is 5.50. The SMILES string of the molecule is Cc1nn(CCCNC(=O)c2cccc(COc3ccccc3Br)c2)c(C)c1Cl. The van der Waals surface area contributed by atoms with Gasteiger partial charge in [0.25, 0.3) is 5.91 Å². The number of para-hydroxylation sites is 1. The first-order chi connectivity index (χ1) is 14.0. The van der Waals surface area contributed by atoms with Crippen molar-refractivity contribution in [2.45, 2.75) is 33.4 Å². The lowest BCUT2D eigenvalue weighted by molar-refractivity contribution is 0.0952. The molecule has 1 heterocycles. The molecule has 1 amide bonds. The van der Waals surface area contributed by atoms with Crippen LogP contribution in [0.1, 0.15) is 33.7 Å². The van der Waals surface area contributed by atoms with Gasteiger partial charge in [0.05, 0.1) is 20.9 Å². The Morgan fingerprint density at radius 2 is 2.00 bits per heavy atom. The number of aryl methyl sites for hydroxylation is 2. The molecule has 0 aliphatic heterocycles. The first-order valence-electron chi connectivity index (χ1n) is 9.39. The molecule has 0 radical (unpaired) electrons. The predicted octanol–water partition coefficient (Wildman–Crippen LogP) is 5.31. The van der Waals surface area contributed by atoms with Crippen LogP contribution >= 0.6 is 27.5 Å². The van der Waals surface area contributed by atoms with Crippen molar-refractivity contribution >= 4 is 33.4 Å². The fourth-order valence-corrected chi connectivity index (χ4v) is 3.49. The van der Waals surface area contributed by atoms with Gasteiger partial charge in [-0.3, -0.25) is 9.48 Å². The van der Waals surface area contributed by atoms with E-state index in [1.54, 1.807) is 6.07 Å². The summed E-state index contributed by atoms with van der Waals surface area (Å²) in [5.74, 6) is 0.672. The highest BCUT2D eigenvalue weighted by molar-refractivity contribution is 9.10. The fourth-order valence-electron chi connectivity index (χ4n) is 2.95. The number of amides is 1. The van der Waals surface area contributed by atoms with Gasteiger partial charge in [-0.2, -0.15) is 5.10 Å². The maximum atomic E-state index is 12.5. The summed E-state index contributed by atoms with van der Waals surface area (Å²) < 4.78 is 8.61. The van der Waals surface area contributed by atoms with E-state index in [1.807, 2.05) is 61.0 Å². The Kier molecular flexibility index (Phi) is 7.34. The van der Waals surface area contributed by atoms with Crippen molar-refractivity contribution < 1.29 is 9.53 Å². The van der Waals surface area contributed by atoms with Crippen molar-refractivity contribution in [2.75, 3.05) is 6.54 Å². The second-order valence-electron chi connectivity index (χ2n) is 6.74. The van der Waals surface area contributed by atoms with E-state index < -0.39 is 0 Å². The first kappa shape index (κ1) is 21.4. The summed E-state index contributed by atoms with van der Waals surface area (Å²) in [5.41, 5.74) is 3.33. The first-order valence-corrected chi connectivity index (χ1v) is 10.6. The molecule has 29 heavy (non-hydrogen) atoms. The molecule has 3 rings (SSSR count). The summed E-state index contributed by atoms with van der Waals surface area (Å²) in [6, 6.07) is 15.2. The number of aromatic nitrogens is 2. The fraction of sp³-hybridized carbons (Fsp3) is 0.273. The molecule has 0 bridgehead atoms. The topological polar surface area (TPSA) is 56.2 Å². The van der Waals surface area contributed by atoms with Crippen LogP contribution in [0.4, 0.5) is 0 Å². The molecule has 0 saturated heterocycles. The largest absolute Gasteiger partial charge is 0.488 e. The van der Waals surface area contributed by atoms with Crippen LogP contribution in [0.5, 0.6) is 5.75 Å². The summed E-state index contributed by atoms with van der Waals surface area (Å²) in [5, 5.41) is 8.07. The van der Waals surface area contributed by atoms with E-state index in [0.717, 1.165) is 33.6 Å². The van der Waals surface area contributed by atoms with Gasteiger partial charge in [0.2, 0.25) is 0 Å². The number of ether oxygens (including phenoxy) is 1. The van der Waals surface area contributed by atoms with E-state index in [9.17, 15) is 4.79 Å². The van der Waals surface area contributed by atoms with E-state index in [1.165, 1.54) is 0 Å². The van der Waals surface area contributed by atoms with Crippen molar-refractivity contribution in [1.29, 1.82) is 0 Å². The molecule has 0 saturated carbocycles. The molecule has 0 unspecified atom stereocenters. The van der Waals surface area contributed by atoms with Crippen LogP contribution in [-0.2, 0) is 13.2 Å². The van der Waals surface area contributed by atoms with E-state index in [4.69, 9.17) is 16.3 Å². The molecule has 2 aromatic carbocycles. The van der Waals surface area contributed by atoms with Crippen molar-refractivity contribution in [1.82, 2.24) is 15.1 Å². The number of halogens is 2. The Balaban J connectivity index is 1.50. The average molecular weight is 477 g/mol. The van der Waals surface area contributed by atoms with Crippen LogP contribution in [-0.4, -0.2) is 22.2 Å². The smallest absolute Gasteiger partial charge is 0.251 e. The number of hydrogen-bond acceptors (Lipinski definition) is 3. The zero-order valence-corrected chi connectivity index (χ0v) is 18.8. The highest BCUT2D eigenvalue weighted by atomic mass is 79.9. The number of benzene rings is 2. The normalized spacial score (nSPS) is 10.8. The predicted molar refractivity (Wildman–Crippen MR) is 119 cm³/mol. The molecule has 1 N–H and O–H groups in total. The van der Waals surface area contributed by atoms with Gasteiger partial charge in [0, 0.05) is 18.7 Å². The Bertz CT molecular complexity index is 1000. The molecule has 3 aromatic rings. The quantitative estimate of drug-likeness (QED) is 0.448.